The van der Waals surface area contributed by atoms with E-state index in [-0.39, 0.29) is 29.7 Å². The second-order valence-corrected chi connectivity index (χ2v) is 23.7. The molecule has 2 aliphatic rings. The molecule has 2 fully saturated rings. The van der Waals surface area contributed by atoms with Gasteiger partial charge in [0, 0.05) is 94.6 Å². The topological polar surface area (TPSA) is 134 Å². The van der Waals surface area contributed by atoms with Gasteiger partial charge in [-0.2, -0.15) is 0 Å². The molecule has 0 amide bonds. The number of halogens is 1. The third kappa shape index (κ3) is 10.6. The van der Waals surface area contributed by atoms with Crippen LogP contribution < -0.4 is 25.1 Å². The number of hydrogen-bond acceptors (Lipinski definition) is 11. The molecule has 0 saturated carbocycles. The summed E-state index contributed by atoms with van der Waals surface area (Å²) in [5.74, 6) is 0.711. The van der Waals surface area contributed by atoms with Gasteiger partial charge in [0.25, 0.3) is 5.69 Å². The monoisotopic (exact) mass is 995 g/mol. The molecule has 68 heavy (non-hydrogen) atoms. The number of rotatable bonds is 17. The SMILES string of the molecule is Cc1c(S(C)(=O)=O)c(-c2cccc(N3CCN(c4ccc(N5CCO[P@]5(=O)c5ccc(N[C@H](CCN(C)C)CSc6ccccc6)c([N+](=O)[O-])c5)cc4)CC3)c2)c(-c2ccc(Cl)cc2)n1C(C)C. The van der Waals surface area contributed by atoms with E-state index >= 15 is 0 Å². The molecule has 1 aromatic heterocycles. The summed E-state index contributed by atoms with van der Waals surface area (Å²) in [5.41, 5.74) is 6.94. The molecule has 0 unspecified atom stereocenters. The fourth-order valence-corrected chi connectivity index (χ4v) is 13.9. The van der Waals surface area contributed by atoms with Crippen LogP contribution >= 0.6 is 30.9 Å². The van der Waals surface area contributed by atoms with E-state index in [4.69, 9.17) is 16.1 Å². The Hall–Kier alpha value is -5.28. The van der Waals surface area contributed by atoms with Crippen LogP contribution in [0.3, 0.4) is 0 Å². The first-order valence-corrected chi connectivity index (χ1v) is 27.7. The third-order valence-corrected chi connectivity index (χ3v) is 17.8. The highest BCUT2D eigenvalue weighted by Crippen LogP contribution is 2.56. The van der Waals surface area contributed by atoms with E-state index in [1.807, 2.05) is 99.9 Å². The van der Waals surface area contributed by atoms with Gasteiger partial charge >= 0.3 is 7.52 Å². The summed E-state index contributed by atoms with van der Waals surface area (Å²) >= 11 is 8.00. The quantitative estimate of drug-likeness (QED) is 0.0404. The Morgan fingerprint density at radius 3 is 2.13 bits per heavy atom. The van der Waals surface area contributed by atoms with E-state index in [1.54, 1.807) is 28.6 Å². The molecule has 0 aliphatic carbocycles. The van der Waals surface area contributed by atoms with Gasteiger partial charge in [0.2, 0.25) is 0 Å². The maximum Gasteiger partial charge on any atom is 0.326 e. The van der Waals surface area contributed by atoms with Crippen LogP contribution in [-0.2, 0) is 18.9 Å². The van der Waals surface area contributed by atoms with Crippen molar-refractivity contribution in [1.29, 1.82) is 0 Å². The number of nitro benzene ring substituents is 1. The maximum absolute atomic E-state index is 14.8. The van der Waals surface area contributed by atoms with Crippen LogP contribution in [0.25, 0.3) is 22.4 Å². The van der Waals surface area contributed by atoms with Gasteiger partial charge in [-0.3, -0.25) is 19.3 Å². The first-order chi connectivity index (χ1) is 32.5. The van der Waals surface area contributed by atoms with Crippen LogP contribution in [0.1, 0.15) is 32.0 Å². The predicted octanol–water partition coefficient (Wildman–Crippen LogP) is 10.9. The maximum atomic E-state index is 14.8. The van der Waals surface area contributed by atoms with Gasteiger partial charge in [0.1, 0.15) is 5.69 Å². The van der Waals surface area contributed by atoms with E-state index in [2.05, 4.69) is 62.7 Å². The Morgan fingerprint density at radius 2 is 1.50 bits per heavy atom. The number of thioether (sulfide) groups is 1. The van der Waals surface area contributed by atoms with Crippen LogP contribution in [0.4, 0.5) is 28.4 Å². The molecule has 8 rings (SSSR count). The second-order valence-electron chi connectivity index (χ2n) is 17.9. The van der Waals surface area contributed by atoms with E-state index in [9.17, 15) is 23.1 Å². The van der Waals surface area contributed by atoms with Gasteiger partial charge in [-0.15, -0.1) is 11.8 Å². The van der Waals surface area contributed by atoms with Crippen molar-refractivity contribution in [2.75, 3.05) is 91.8 Å². The molecule has 6 aromatic rings. The van der Waals surface area contributed by atoms with Crippen molar-refractivity contribution < 1.29 is 22.4 Å². The lowest BCUT2D eigenvalue weighted by Gasteiger charge is -2.37. The third-order valence-electron chi connectivity index (χ3n) is 12.6. The minimum Gasteiger partial charge on any atom is -0.376 e. The van der Waals surface area contributed by atoms with Gasteiger partial charge in [0.15, 0.2) is 9.84 Å². The molecule has 1 N–H and O–H groups in total. The fraction of sp³-hybridized carbons (Fsp3) is 0.333. The minimum atomic E-state index is -3.68. The highest BCUT2D eigenvalue weighted by Gasteiger charge is 2.41. The number of nitrogens with one attached hydrogen (secondary N) is 1. The summed E-state index contributed by atoms with van der Waals surface area (Å²) in [6, 6.07) is 38.5. The van der Waals surface area contributed by atoms with Crippen molar-refractivity contribution >= 4 is 74.5 Å². The van der Waals surface area contributed by atoms with Gasteiger partial charge in [-0.05, 0) is 132 Å². The molecule has 2 aliphatic heterocycles. The average Bonchev–Trinajstić information content (AvgIpc) is 3.88. The molecule has 2 atom stereocenters. The van der Waals surface area contributed by atoms with Crippen molar-refractivity contribution in [2.45, 2.75) is 49.1 Å². The zero-order chi connectivity index (χ0) is 48.3. The molecule has 5 aromatic carbocycles. The average molecular weight is 997 g/mol. The number of benzene rings is 5. The zero-order valence-corrected chi connectivity index (χ0v) is 42.6. The lowest BCUT2D eigenvalue weighted by Crippen LogP contribution is -2.46. The molecule has 17 heteroatoms. The van der Waals surface area contributed by atoms with Crippen molar-refractivity contribution in [3.63, 3.8) is 0 Å². The number of aromatic nitrogens is 1. The summed E-state index contributed by atoms with van der Waals surface area (Å²) in [7, 11) is -3.28. The van der Waals surface area contributed by atoms with E-state index in [1.165, 1.54) is 12.3 Å². The Balaban J connectivity index is 0.975. The number of anilines is 4. The van der Waals surface area contributed by atoms with Crippen molar-refractivity contribution in [3.05, 3.63) is 142 Å². The molecule has 358 valence electrons. The lowest BCUT2D eigenvalue weighted by atomic mass is 10.00. The molecule has 13 nitrogen and oxygen atoms in total. The molecule has 3 heterocycles. The molecule has 2 saturated heterocycles. The van der Waals surface area contributed by atoms with Crippen LogP contribution in [0.2, 0.25) is 5.02 Å². The number of nitrogens with zero attached hydrogens (tertiary/aromatic N) is 6. The van der Waals surface area contributed by atoms with Gasteiger partial charge in [-0.1, -0.05) is 54.1 Å². The van der Waals surface area contributed by atoms with Crippen LogP contribution in [0.5, 0.6) is 0 Å². The first kappa shape index (κ1) is 49.2. The highest BCUT2D eigenvalue weighted by molar-refractivity contribution is 7.99. The largest absolute Gasteiger partial charge is 0.376 e. The summed E-state index contributed by atoms with van der Waals surface area (Å²) < 4.78 is 51.7. The Kier molecular flexibility index (Phi) is 15.0. The van der Waals surface area contributed by atoms with Gasteiger partial charge in [0.05, 0.1) is 34.0 Å². The van der Waals surface area contributed by atoms with E-state index < -0.39 is 22.3 Å². The Bertz CT molecular complexity index is 2910. The van der Waals surface area contributed by atoms with Crippen molar-refractivity contribution in [1.82, 2.24) is 9.47 Å². The fourth-order valence-electron chi connectivity index (χ4n) is 9.32. The predicted molar refractivity (Wildman–Crippen MR) is 281 cm³/mol. The van der Waals surface area contributed by atoms with Gasteiger partial charge in [-0.25, -0.2) is 8.42 Å². The Morgan fingerprint density at radius 1 is 0.838 bits per heavy atom. The standard InChI is InChI=1S/C51H59ClN7O6PS2/c1-36(2)58-37(3)51(68(6,63)64)49(50(58)38-15-17-40(52)18-16-38)39-11-10-12-44(33-39)56-29-27-55(28-30-56)42-19-21-43(22-20-42)57-31-32-65-66(57,62)45-23-24-47(48(34-45)59(60)61)53-41(25-26-54(4)5)35-67-46-13-8-7-9-14-46/h7-24,33-34,36,41,53H,25-32,35H2,1-6H3/t41-,66-/m1/s1. The summed E-state index contributed by atoms with van der Waals surface area (Å²) in [5, 5.41) is 16.9. The highest BCUT2D eigenvalue weighted by atomic mass is 35.5. The summed E-state index contributed by atoms with van der Waals surface area (Å²) in [4.78, 5) is 20.3. The number of hydrogen-bond donors (Lipinski definition) is 1. The first-order valence-electron chi connectivity index (χ1n) is 22.8. The number of sulfone groups is 1. The van der Waals surface area contributed by atoms with Crippen molar-refractivity contribution in [3.8, 4) is 22.4 Å². The molecular weight excluding hydrogens is 937 g/mol. The molecule has 0 radical (unpaired) electrons. The molecule has 0 spiro atoms. The van der Waals surface area contributed by atoms with Crippen molar-refractivity contribution in [2.24, 2.45) is 0 Å². The lowest BCUT2D eigenvalue weighted by molar-refractivity contribution is -0.383. The summed E-state index contributed by atoms with van der Waals surface area (Å²) in [6.45, 7) is 10.4. The van der Waals surface area contributed by atoms with Crippen LogP contribution in [-0.4, -0.2) is 101 Å². The molecule has 0 bridgehead atoms. The smallest absolute Gasteiger partial charge is 0.326 e. The van der Waals surface area contributed by atoms with E-state index in [0.29, 0.717) is 44.8 Å². The number of nitro groups is 1. The van der Waals surface area contributed by atoms with E-state index in [0.717, 1.165) is 72.2 Å². The molecular formula is C51H59ClN7O6PS2. The van der Waals surface area contributed by atoms with Gasteiger partial charge < -0.3 is 29.1 Å². The van der Waals surface area contributed by atoms with Crippen LogP contribution in [0.15, 0.2) is 131 Å². The normalized spacial score (nSPS) is 17.0. The zero-order valence-electron chi connectivity index (χ0n) is 39.3. The summed E-state index contributed by atoms with van der Waals surface area (Å²) in [6.07, 6.45) is 2.06. The Labute approximate surface area is 409 Å². The van der Waals surface area contributed by atoms with Crippen LogP contribution in [0, 0.1) is 17.0 Å². The minimum absolute atomic E-state index is 0.00415. The number of piperazine rings is 1. The second kappa shape index (κ2) is 20.8.